The number of non-ortho nitro benzene ring substituents is 1. The first kappa shape index (κ1) is 19.6. The van der Waals surface area contributed by atoms with Gasteiger partial charge < -0.3 is 14.8 Å². The average Bonchev–Trinajstić information content (AvgIpc) is 2.66. The van der Waals surface area contributed by atoms with Crippen molar-refractivity contribution in [3.05, 3.63) is 58.1 Å². The van der Waals surface area contributed by atoms with Crippen molar-refractivity contribution >= 4 is 23.4 Å². The lowest BCUT2D eigenvalue weighted by molar-refractivity contribution is -0.384. The quantitative estimate of drug-likeness (QED) is 0.431. The molecule has 2 rings (SSSR count). The number of rotatable bonds is 8. The minimum atomic E-state index is -0.452. The molecule has 2 aromatic carbocycles. The molecular weight excluding hydrogens is 356 g/mol. The highest BCUT2D eigenvalue weighted by molar-refractivity contribution is 8.00. The van der Waals surface area contributed by atoms with Crippen LogP contribution in [0.15, 0.2) is 47.4 Å². The number of carbonyl (C=O) groups excluding carboxylic acids is 1. The van der Waals surface area contributed by atoms with Gasteiger partial charge in [-0.3, -0.25) is 14.9 Å². The summed E-state index contributed by atoms with van der Waals surface area (Å²) in [5, 5.41) is 13.2. The largest absolute Gasteiger partial charge is 0.497 e. The van der Waals surface area contributed by atoms with Gasteiger partial charge in [-0.25, -0.2) is 0 Å². The first-order valence-corrected chi connectivity index (χ1v) is 8.72. The Morgan fingerprint density at radius 3 is 2.46 bits per heavy atom. The smallest absolute Gasteiger partial charge is 0.269 e. The molecule has 1 N–H and O–H groups in total. The Kier molecular flexibility index (Phi) is 6.85. The van der Waals surface area contributed by atoms with Crippen LogP contribution in [0.1, 0.15) is 12.5 Å². The van der Waals surface area contributed by atoms with E-state index in [1.807, 2.05) is 6.07 Å². The maximum absolute atomic E-state index is 12.3. The number of benzene rings is 2. The van der Waals surface area contributed by atoms with Gasteiger partial charge in [-0.2, -0.15) is 0 Å². The zero-order chi connectivity index (χ0) is 19.1. The highest BCUT2D eigenvalue weighted by atomic mass is 32.2. The number of nitro benzene ring substituents is 1. The van der Waals surface area contributed by atoms with Crippen molar-refractivity contribution < 1.29 is 19.2 Å². The number of thioether (sulfide) groups is 1. The summed E-state index contributed by atoms with van der Waals surface area (Å²) in [4.78, 5) is 23.4. The average molecular weight is 376 g/mol. The van der Waals surface area contributed by atoms with Gasteiger partial charge in [0.1, 0.15) is 11.5 Å². The number of amides is 1. The van der Waals surface area contributed by atoms with E-state index in [0.717, 1.165) is 10.5 Å². The second-order valence-corrected chi connectivity index (χ2v) is 6.82. The summed E-state index contributed by atoms with van der Waals surface area (Å²) in [7, 11) is 3.15. The van der Waals surface area contributed by atoms with E-state index in [-0.39, 0.29) is 16.8 Å². The van der Waals surface area contributed by atoms with Crippen molar-refractivity contribution in [2.24, 2.45) is 0 Å². The van der Waals surface area contributed by atoms with Gasteiger partial charge in [-0.15, -0.1) is 11.8 Å². The minimum absolute atomic E-state index is 0.0246. The predicted octanol–water partition coefficient (Wildman–Crippen LogP) is 3.41. The lowest BCUT2D eigenvalue weighted by atomic mass is 10.2. The normalized spacial score (nSPS) is 11.5. The fourth-order valence-electron chi connectivity index (χ4n) is 2.25. The summed E-state index contributed by atoms with van der Waals surface area (Å²) in [6, 6.07) is 11.5. The lowest BCUT2D eigenvalue weighted by Crippen LogP contribution is -2.30. The van der Waals surface area contributed by atoms with Crippen LogP contribution in [0.4, 0.5) is 5.69 Å². The predicted molar refractivity (Wildman–Crippen MR) is 99.8 cm³/mol. The molecule has 1 unspecified atom stereocenters. The number of nitro groups is 1. The van der Waals surface area contributed by atoms with Crippen LogP contribution < -0.4 is 14.8 Å². The summed E-state index contributed by atoms with van der Waals surface area (Å²) in [6.07, 6.45) is 0. The third-order valence-corrected chi connectivity index (χ3v) is 4.78. The van der Waals surface area contributed by atoms with E-state index in [9.17, 15) is 14.9 Å². The summed E-state index contributed by atoms with van der Waals surface area (Å²) >= 11 is 1.33. The molecule has 8 heteroatoms. The molecule has 138 valence electrons. The Bertz CT molecular complexity index is 780. The second-order valence-electron chi connectivity index (χ2n) is 5.41. The van der Waals surface area contributed by atoms with Gasteiger partial charge in [0.05, 0.1) is 24.4 Å². The van der Waals surface area contributed by atoms with E-state index in [0.29, 0.717) is 18.0 Å². The summed E-state index contributed by atoms with van der Waals surface area (Å²) in [5.74, 6) is 1.21. The summed E-state index contributed by atoms with van der Waals surface area (Å²) < 4.78 is 10.5. The first-order chi connectivity index (χ1) is 12.4. The Labute approximate surface area is 155 Å². The molecule has 0 aromatic heterocycles. The standard InChI is InChI=1S/C18H20N2O5S/c1-12(26-16-7-4-14(5-8-16)20(22)23)18(21)19-11-13-10-15(24-2)6-9-17(13)25-3/h4-10,12H,11H2,1-3H3,(H,19,21). The van der Waals surface area contributed by atoms with Gasteiger partial charge in [0.15, 0.2) is 0 Å². The summed E-state index contributed by atoms with van der Waals surface area (Å²) in [5.41, 5.74) is 0.837. The monoisotopic (exact) mass is 376 g/mol. The van der Waals surface area contributed by atoms with Gasteiger partial charge >= 0.3 is 0 Å². The van der Waals surface area contributed by atoms with Crippen molar-refractivity contribution in [1.82, 2.24) is 5.32 Å². The van der Waals surface area contributed by atoms with Crippen molar-refractivity contribution in [3.8, 4) is 11.5 Å². The van der Waals surface area contributed by atoms with Gasteiger partial charge in [-0.05, 0) is 37.3 Å². The fraction of sp³-hybridized carbons (Fsp3) is 0.278. The second kappa shape index (κ2) is 9.10. The molecule has 2 aromatic rings. The van der Waals surface area contributed by atoms with E-state index in [4.69, 9.17) is 9.47 Å². The topological polar surface area (TPSA) is 90.7 Å². The number of ether oxygens (including phenoxy) is 2. The number of methoxy groups -OCH3 is 2. The van der Waals surface area contributed by atoms with Gasteiger partial charge in [0, 0.05) is 29.1 Å². The molecule has 0 aliphatic heterocycles. The van der Waals surface area contributed by atoms with E-state index >= 15 is 0 Å². The van der Waals surface area contributed by atoms with E-state index < -0.39 is 4.92 Å². The molecule has 0 radical (unpaired) electrons. The molecule has 0 heterocycles. The van der Waals surface area contributed by atoms with Crippen LogP contribution in [-0.2, 0) is 11.3 Å². The SMILES string of the molecule is COc1ccc(OC)c(CNC(=O)C(C)Sc2ccc([N+](=O)[O-])cc2)c1. The van der Waals surface area contributed by atoms with Crippen LogP contribution in [0.3, 0.4) is 0 Å². The molecule has 1 atom stereocenters. The van der Waals surface area contributed by atoms with Crippen molar-refractivity contribution in [3.63, 3.8) is 0 Å². The summed E-state index contributed by atoms with van der Waals surface area (Å²) in [6.45, 7) is 2.09. The Hall–Kier alpha value is -2.74. The number of hydrogen-bond acceptors (Lipinski definition) is 6. The number of carbonyl (C=O) groups is 1. The van der Waals surface area contributed by atoms with Crippen molar-refractivity contribution in [2.45, 2.75) is 23.6 Å². The molecule has 0 aliphatic carbocycles. The number of hydrogen-bond donors (Lipinski definition) is 1. The number of nitrogens with zero attached hydrogens (tertiary/aromatic N) is 1. The van der Waals surface area contributed by atoms with E-state index in [2.05, 4.69) is 5.32 Å². The third-order valence-electron chi connectivity index (χ3n) is 3.67. The van der Waals surface area contributed by atoms with Crippen LogP contribution in [0.5, 0.6) is 11.5 Å². The van der Waals surface area contributed by atoms with Crippen molar-refractivity contribution in [1.29, 1.82) is 0 Å². The Morgan fingerprint density at radius 1 is 1.19 bits per heavy atom. The van der Waals surface area contributed by atoms with Gasteiger partial charge in [0.2, 0.25) is 5.91 Å². The Morgan fingerprint density at radius 2 is 1.88 bits per heavy atom. The van der Waals surface area contributed by atoms with Crippen LogP contribution >= 0.6 is 11.8 Å². The van der Waals surface area contributed by atoms with Gasteiger partial charge in [0.25, 0.3) is 5.69 Å². The zero-order valence-electron chi connectivity index (χ0n) is 14.7. The zero-order valence-corrected chi connectivity index (χ0v) is 15.5. The Balaban J connectivity index is 1.96. The van der Waals surface area contributed by atoms with Crippen molar-refractivity contribution in [2.75, 3.05) is 14.2 Å². The molecule has 0 bridgehead atoms. The molecule has 1 amide bonds. The van der Waals surface area contributed by atoms with Crippen LogP contribution in [0.25, 0.3) is 0 Å². The molecular formula is C18H20N2O5S. The molecule has 0 aliphatic rings. The first-order valence-electron chi connectivity index (χ1n) is 7.84. The van der Waals surface area contributed by atoms with Crippen LogP contribution in [0, 0.1) is 10.1 Å². The van der Waals surface area contributed by atoms with Crippen LogP contribution in [-0.4, -0.2) is 30.3 Å². The minimum Gasteiger partial charge on any atom is -0.497 e. The highest BCUT2D eigenvalue weighted by Gasteiger charge is 2.16. The van der Waals surface area contributed by atoms with Crippen LogP contribution in [0.2, 0.25) is 0 Å². The van der Waals surface area contributed by atoms with Gasteiger partial charge in [-0.1, -0.05) is 0 Å². The van der Waals surface area contributed by atoms with E-state index in [1.54, 1.807) is 45.4 Å². The maximum Gasteiger partial charge on any atom is 0.269 e. The molecule has 0 saturated carbocycles. The fourth-order valence-corrected chi connectivity index (χ4v) is 3.14. The molecule has 0 fully saturated rings. The molecule has 26 heavy (non-hydrogen) atoms. The number of nitrogens with one attached hydrogen (secondary N) is 1. The van der Waals surface area contributed by atoms with E-state index in [1.165, 1.54) is 23.9 Å². The molecule has 0 saturated heterocycles. The maximum atomic E-state index is 12.3. The molecule has 7 nitrogen and oxygen atoms in total. The highest BCUT2D eigenvalue weighted by Crippen LogP contribution is 2.26. The third kappa shape index (κ3) is 5.13. The lowest BCUT2D eigenvalue weighted by Gasteiger charge is -2.14. The molecule has 0 spiro atoms.